The van der Waals surface area contributed by atoms with Crippen molar-refractivity contribution in [2.75, 3.05) is 6.54 Å². The molecule has 1 nitrogen and oxygen atoms in total. The summed E-state index contributed by atoms with van der Waals surface area (Å²) in [7, 11) is 0. The molecule has 0 bridgehead atoms. The van der Waals surface area contributed by atoms with Crippen LogP contribution in [0.4, 0.5) is 0 Å². The van der Waals surface area contributed by atoms with Crippen molar-refractivity contribution in [2.45, 2.75) is 25.8 Å². The predicted molar refractivity (Wildman–Crippen MR) is 53.5 cm³/mol. The van der Waals surface area contributed by atoms with Gasteiger partial charge in [-0.05, 0) is 43.7 Å². The fourth-order valence-corrected chi connectivity index (χ4v) is 2.06. The van der Waals surface area contributed by atoms with Gasteiger partial charge in [-0.1, -0.05) is 6.07 Å². The molecule has 0 radical (unpaired) electrons. The van der Waals surface area contributed by atoms with Gasteiger partial charge in [0.15, 0.2) is 0 Å². The normalized spacial score (nSPS) is 19.4. The fourth-order valence-electron chi connectivity index (χ4n) is 1.30. The van der Waals surface area contributed by atoms with Crippen LogP contribution in [0, 0.1) is 5.92 Å². The Bertz CT molecular complexity index is 226. The average molecular weight is 181 g/mol. The highest BCUT2D eigenvalue weighted by Gasteiger charge is 2.21. The van der Waals surface area contributed by atoms with Gasteiger partial charge in [0.05, 0.1) is 0 Å². The second kappa shape index (κ2) is 3.58. The molecular weight excluding hydrogens is 166 g/mol. The first-order chi connectivity index (χ1) is 5.86. The van der Waals surface area contributed by atoms with Crippen LogP contribution in [0.15, 0.2) is 17.5 Å². The van der Waals surface area contributed by atoms with Crippen LogP contribution >= 0.6 is 11.3 Å². The second-order valence-corrected chi connectivity index (χ2v) is 4.57. The van der Waals surface area contributed by atoms with Crippen LogP contribution in [0.2, 0.25) is 0 Å². The number of rotatable bonds is 4. The lowest BCUT2D eigenvalue weighted by Crippen LogP contribution is -2.20. The summed E-state index contributed by atoms with van der Waals surface area (Å²) in [5, 5.41) is 5.70. The van der Waals surface area contributed by atoms with Crippen LogP contribution < -0.4 is 5.32 Å². The molecule has 0 saturated heterocycles. The quantitative estimate of drug-likeness (QED) is 0.753. The highest BCUT2D eigenvalue weighted by atomic mass is 32.1. The molecule has 0 unspecified atom stereocenters. The van der Waals surface area contributed by atoms with Gasteiger partial charge in [0.25, 0.3) is 0 Å². The van der Waals surface area contributed by atoms with Gasteiger partial charge in [-0.3, -0.25) is 0 Å². The molecule has 1 saturated carbocycles. The predicted octanol–water partition coefficient (Wildman–Crippen LogP) is 2.81. The van der Waals surface area contributed by atoms with Crippen LogP contribution in [-0.4, -0.2) is 6.54 Å². The van der Waals surface area contributed by atoms with Crippen molar-refractivity contribution < 1.29 is 0 Å². The lowest BCUT2D eigenvalue weighted by molar-refractivity contribution is 0.555. The minimum atomic E-state index is 0.547. The highest BCUT2D eigenvalue weighted by Crippen LogP contribution is 2.29. The lowest BCUT2D eigenvalue weighted by Gasteiger charge is -2.10. The van der Waals surface area contributed by atoms with E-state index in [1.165, 1.54) is 24.3 Å². The van der Waals surface area contributed by atoms with Gasteiger partial charge in [-0.25, -0.2) is 0 Å². The molecular formula is C10H15NS. The molecule has 2 rings (SSSR count). The van der Waals surface area contributed by atoms with E-state index >= 15 is 0 Å². The van der Waals surface area contributed by atoms with Crippen molar-refractivity contribution in [3.05, 3.63) is 22.4 Å². The summed E-state index contributed by atoms with van der Waals surface area (Å²) in [4.78, 5) is 1.45. The smallest absolute Gasteiger partial charge is 0.0386 e. The number of hydrogen-bond acceptors (Lipinski definition) is 2. The topological polar surface area (TPSA) is 12.0 Å². The Hall–Kier alpha value is -0.340. The van der Waals surface area contributed by atoms with E-state index in [2.05, 4.69) is 29.8 Å². The summed E-state index contributed by atoms with van der Waals surface area (Å²) >= 11 is 1.84. The van der Waals surface area contributed by atoms with Crippen LogP contribution in [0.25, 0.3) is 0 Å². The van der Waals surface area contributed by atoms with Crippen molar-refractivity contribution in [3.63, 3.8) is 0 Å². The molecule has 1 aromatic heterocycles. The maximum Gasteiger partial charge on any atom is 0.0386 e. The van der Waals surface area contributed by atoms with Crippen LogP contribution in [0.1, 0.15) is 30.7 Å². The largest absolute Gasteiger partial charge is 0.309 e. The van der Waals surface area contributed by atoms with Crippen LogP contribution in [-0.2, 0) is 0 Å². The molecule has 2 heteroatoms. The van der Waals surface area contributed by atoms with E-state index in [0.717, 1.165) is 5.92 Å². The zero-order valence-electron chi connectivity index (χ0n) is 7.42. The number of nitrogens with one attached hydrogen (secondary N) is 1. The average Bonchev–Trinajstić information content (AvgIpc) is 2.74. The molecule has 1 N–H and O–H groups in total. The first kappa shape index (κ1) is 8.27. The van der Waals surface area contributed by atoms with Gasteiger partial charge >= 0.3 is 0 Å². The Labute approximate surface area is 77.8 Å². The Balaban J connectivity index is 1.79. The summed E-state index contributed by atoms with van der Waals surface area (Å²) in [5.41, 5.74) is 0. The molecule has 1 aliphatic carbocycles. The zero-order chi connectivity index (χ0) is 8.39. The molecule has 1 aliphatic rings. The maximum atomic E-state index is 3.56. The summed E-state index contributed by atoms with van der Waals surface area (Å²) in [5.74, 6) is 0.979. The monoisotopic (exact) mass is 181 g/mol. The SMILES string of the molecule is C[C@@H](NCC1CC1)c1cccs1. The third-order valence-electron chi connectivity index (χ3n) is 2.38. The van der Waals surface area contributed by atoms with E-state index < -0.39 is 0 Å². The first-order valence-electron chi connectivity index (χ1n) is 4.63. The van der Waals surface area contributed by atoms with Crippen LogP contribution in [0.5, 0.6) is 0 Å². The van der Waals surface area contributed by atoms with Gasteiger partial charge in [-0.15, -0.1) is 11.3 Å². The van der Waals surface area contributed by atoms with Gasteiger partial charge in [0.2, 0.25) is 0 Å². The highest BCUT2D eigenvalue weighted by molar-refractivity contribution is 7.10. The van der Waals surface area contributed by atoms with E-state index in [0.29, 0.717) is 6.04 Å². The summed E-state index contributed by atoms with van der Waals surface area (Å²) < 4.78 is 0. The Morgan fingerprint density at radius 2 is 2.50 bits per heavy atom. The van der Waals surface area contributed by atoms with Gasteiger partial charge in [-0.2, -0.15) is 0 Å². The Morgan fingerprint density at radius 1 is 1.67 bits per heavy atom. The van der Waals surface area contributed by atoms with Gasteiger partial charge in [0.1, 0.15) is 0 Å². The molecule has 1 aromatic rings. The minimum Gasteiger partial charge on any atom is -0.309 e. The number of hydrogen-bond donors (Lipinski definition) is 1. The summed E-state index contributed by atoms with van der Waals surface area (Å²) in [6.45, 7) is 3.45. The summed E-state index contributed by atoms with van der Waals surface area (Å²) in [6, 6.07) is 4.87. The van der Waals surface area contributed by atoms with E-state index in [1.807, 2.05) is 11.3 Å². The van der Waals surface area contributed by atoms with Crippen molar-refractivity contribution in [1.29, 1.82) is 0 Å². The van der Waals surface area contributed by atoms with E-state index in [-0.39, 0.29) is 0 Å². The molecule has 12 heavy (non-hydrogen) atoms. The standard InChI is InChI=1S/C10H15NS/c1-8(10-3-2-6-12-10)11-7-9-4-5-9/h2-3,6,8-9,11H,4-5,7H2,1H3/t8-/m1/s1. The fraction of sp³-hybridized carbons (Fsp3) is 0.600. The van der Waals surface area contributed by atoms with E-state index in [4.69, 9.17) is 0 Å². The van der Waals surface area contributed by atoms with Crippen molar-refractivity contribution in [1.82, 2.24) is 5.32 Å². The molecule has 0 spiro atoms. The summed E-state index contributed by atoms with van der Waals surface area (Å²) in [6.07, 6.45) is 2.87. The second-order valence-electron chi connectivity index (χ2n) is 3.59. The Morgan fingerprint density at radius 3 is 3.08 bits per heavy atom. The molecule has 1 heterocycles. The third-order valence-corrected chi connectivity index (χ3v) is 3.43. The molecule has 1 fully saturated rings. The van der Waals surface area contributed by atoms with E-state index in [9.17, 15) is 0 Å². The molecule has 0 aliphatic heterocycles. The lowest BCUT2D eigenvalue weighted by atomic mass is 10.2. The zero-order valence-corrected chi connectivity index (χ0v) is 8.23. The molecule has 66 valence electrons. The molecule has 1 atom stereocenters. The van der Waals surface area contributed by atoms with Gasteiger partial charge in [0, 0.05) is 10.9 Å². The van der Waals surface area contributed by atoms with Crippen molar-refractivity contribution in [2.24, 2.45) is 5.92 Å². The third kappa shape index (κ3) is 2.08. The molecule has 0 amide bonds. The minimum absolute atomic E-state index is 0.547. The van der Waals surface area contributed by atoms with Crippen LogP contribution in [0.3, 0.4) is 0 Å². The maximum absolute atomic E-state index is 3.56. The number of thiophene rings is 1. The van der Waals surface area contributed by atoms with Gasteiger partial charge < -0.3 is 5.32 Å². The van der Waals surface area contributed by atoms with E-state index in [1.54, 1.807) is 0 Å². The van der Waals surface area contributed by atoms with Crippen molar-refractivity contribution >= 4 is 11.3 Å². The van der Waals surface area contributed by atoms with Crippen molar-refractivity contribution in [3.8, 4) is 0 Å². The Kier molecular flexibility index (Phi) is 2.47. The first-order valence-corrected chi connectivity index (χ1v) is 5.51. The molecule has 0 aromatic carbocycles.